The molecule has 0 bridgehead atoms. The number of carbonyl (C=O) groups is 1. The van der Waals surface area contributed by atoms with Gasteiger partial charge in [-0.15, -0.1) is 4.91 Å². The number of carbonyl (C=O) groups excluding carboxylic acids is 1. The Morgan fingerprint density at radius 2 is 2.21 bits per heavy atom. The first-order chi connectivity index (χ1) is 6.69. The fraction of sp³-hybridized carbons (Fsp3) is 0.300. The summed E-state index contributed by atoms with van der Waals surface area (Å²) in [6.07, 6.45) is 0. The molecule has 0 saturated heterocycles. The summed E-state index contributed by atoms with van der Waals surface area (Å²) in [6.45, 7) is 4.11. The van der Waals surface area contributed by atoms with Crippen LogP contribution in [-0.2, 0) is 0 Å². The Morgan fingerprint density at radius 1 is 1.50 bits per heavy atom. The molecule has 1 aromatic rings. The molecule has 0 unspecified atom stereocenters. The van der Waals surface area contributed by atoms with Crippen molar-refractivity contribution >= 4 is 5.91 Å². The van der Waals surface area contributed by atoms with Crippen molar-refractivity contribution in [2.45, 2.75) is 13.8 Å². The topological polar surface area (TPSA) is 55.7 Å². The zero-order valence-electron chi connectivity index (χ0n) is 8.11. The number of ether oxygens (including phenoxy) is 1. The van der Waals surface area contributed by atoms with Crippen molar-refractivity contribution in [3.63, 3.8) is 0 Å². The zero-order chi connectivity index (χ0) is 10.6. The van der Waals surface area contributed by atoms with Gasteiger partial charge in [0, 0.05) is 5.18 Å². The molecule has 0 aliphatic heterocycles. The summed E-state index contributed by atoms with van der Waals surface area (Å²) in [5, 5.41) is 2.38. The molecule has 0 N–H and O–H groups in total. The maximum absolute atomic E-state index is 11.1. The lowest BCUT2D eigenvalue weighted by molar-refractivity contribution is 0.1000. The molecular weight excluding hydrogens is 182 g/mol. The van der Waals surface area contributed by atoms with Gasteiger partial charge in [-0.25, -0.2) is 0 Å². The Hall–Kier alpha value is -1.71. The van der Waals surface area contributed by atoms with Gasteiger partial charge in [0.05, 0.1) is 12.2 Å². The summed E-state index contributed by atoms with van der Waals surface area (Å²) >= 11 is 0. The van der Waals surface area contributed by atoms with Gasteiger partial charge < -0.3 is 4.74 Å². The molecule has 0 spiro atoms. The second-order valence-corrected chi connectivity index (χ2v) is 2.81. The molecular formula is C10H11NO3. The van der Waals surface area contributed by atoms with Crippen molar-refractivity contribution in [2.75, 3.05) is 6.61 Å². The van der Waals surface area contributed by atoms with Gasteiger partial charge in [-0.3, -0.25) is 4.79 Å². The number of benzene rings is 1. The van der Waals surface area contributed by atoms with E-state index in [4.69, 9.17) is 4.74 Å². The molecule has 0 aromatic heterocycles. The standard InChI is InChI=1S/C10H11NO3/c1-3-14-8-5-4-7(2)9(6-8)10(12)11-13/h4-6H,3H2,1-2H3. The molecule has 0 atom stereocenters. The van der Waals surface area contributed by atoms with E-state index in [0.29, 0.717) is 17.9 Å². The van der Waals surface area contributed by atoms with Crippen molar-refractivity contribution in [2.24, 2.45) is 5.18 Å². The van der Waals surface area contributed by atoms with Crippen LogP contribution in [0.3, 0.4) is 0 Å². The first kappa shape index (κ1) is 10.4. The molecule has 0 fully saturated rings. The van der Waals surface area contributed by atoms with Gasteiger partial charge in [0.2, 0.25) is 0 Å². The molecule has 1 rings (SSSR count). The smallest absolute Gasteiger partial charge is 0.317 e. The van der Waals surface area contributed by atoms with Crippen LogP contribution in [0.5, 0.6) is 5.75 Å². The maximum Gasteiger partial charge on any atom is 0.317 e. The minimum absolute atomic E-state index is 0.297. The third kappa shape index (κ3) is 2.16. The van der Waals surface area contributed by atoms with E-state index in [9.17, 15) is 9.70 Å². The van der Waals surface area contributed by atoms with Crippen LogP contribution in [0.1, 0.15) is 22.8 Å². The highest BCUT2D eigenvalue weighted by Crippen LogP contribution is 2.18. The van der Waals surface area contributed by atoms with Gasteiger partial charge in [-0.1, -0.05) is 6.07 Å². The van der Waals surface area contributed by atoms with E-state index in [2.05, 4.69) is 5.18 Å². The Morgan fingerprint density at radius 3 is 2.79 bits per heavy atom. The van der Waals surface area contributed by atoms with Gasteiger partial charge >= 0.3 is 5.91 Å². The summed E-state index contributed by atoms with van der Waals surface area (Å²) < 4.78 is 5.20. The van der Waals surface area contributed by atoms with Crippen molar-refractivity contribution < 1.29 is 9.53 Å². The summed E-state index contributed by atoms with van der Waals surface area (Å²) in [4.78, 5) is 21.1. The number of aryl methyl sites for hydroxylation is 1. The van der Waals surface area contributed by atoms with Gasteiger partial charge in [-0.05, 0) is 31.5 Å². The third-order valence-electron chi connectivity index (χ3n) is 1.83. The molecule has 0 saturated carbocycles. The fourth-order valence-electron chi connectivity index (χ4n) is 1.14. The van der Waals surface area contributed by atoms with Crippen molar-refractivity contribution in [1.29, 1.82) is 0 Å². The molecule has 14 heavy (non-hydrogen) atoms. The summed E-state index contributed by atoms with van der Waals surface area (Å²) in [5.74, 6) is -0.186. The van der Waals surface area contributed by atoms with Crippen molar-refractivity contribution in [1.82, 2.24) is 0 Å². The Balaban J connectivity index is 3.07. The Labute approximate surface area is 81.9 Å². The number of nitrogens with zero attached hydrogens (tertiary/aromatic N) is 1. The van der Waals surface area contributed by atoms with E-state index in [-0.39, 0.29) is 0 Å². The van der Waals surface area contributed by atoms with Crippen LogP contribution in [-0.4, -0.2) is 12.5 Å². The largest absolute Gasteiger partial charge is 0.494 e. The van der Waals surface area contributed by atoms with Gasteiger partial charge in [0.25, 0.3) is 0 Å². The average Bonchev–Trinajstić information content (AvgIpc) is 2.20. The van der Waals surface area contributed by atoms with E-state index in [1.165, 1.54) is 6.07 Å². The number of nitroso groups, excluding NO2 is 1. The lowest BCUT2D eigenvalue weighted by Gasteiger charge is -2.05. The van der Waals surface area contributed by atoms with E-state index in [1.54, 1.807) is 19.1 Å². The third-order valence-corrected chi connectivity index (χ3v) is 1.83. The number of hydrogen-bond donors (Lipinski definition) is 0. The van der Waals surface area contributed by atoms with Gasteiger partial charge in [-0.2, -0.15) is 0 Å². The predicted octanol–water partition coefficient (Wildman–Crippen LogP) is 2.30. The normalized spacial score (nSPS) is 9.57. The minimum atomic E-state index is -0.760. The summed E-state index contributed by atoms with van der Waals surface area (Å²) in [5.41, 5.74) is 1.02. The van der Waals surface area contributed by atoms with E-state index < -0.39 is 5.91 Å². The molecule has 74 valence electrons. The molecule has 0 heterocycles. The number of hydrogen-bond acceptors (Lipinski definition) is 3. The second-order valence-electron chi connectivity index (χ2n) is 2.81. The molecule has 4 nitrogen and oxygen atoms in total. The monoisotopic (exact) mass is 193 g/mol. The van der Waals surface area contributed by atoms with Crippen LogP contribution >= 0.6 is 0 Å². The molecule has 0 radical (unpaired) electrons. The minimum Gasteiger partial charge on any atom is -0.494 e. The van der Waals surface area contributed by atoms with Crippen molar-refractivity contribution in [3.8, 4) is 5.75 Å². The Kier molecular flexibility index (Phi) is 3.34. The highest BCUT2D eigenvalue weighted by Gasteiger charge is 2.10. The van der Waals surface area contributed by atoms with Crippen LogP contribution in [0.15, 0.2) is 23.4 Å². The van der Waals surface area contributed by atoms with Crippen LogP contribution in [0.4, 0.5) is 0 Å². The average molecular weight is 193 g/mol. The molecule has 1 aromatic carbocycles. The second kappa shape index (κ2) is 4.50. The van der Waals surface area contributed by atoms with Crippen LogP contribution in [0.25, 0.3) is 0 Å². The van der Waals surface area contributed by atoms with E-state index >= 15 is 0 Å². The molecule has 4 heteroatoms. The summed E-state index contributed by atoms with van der Waals surface area (Å²) in [7, 11) is 0. The molecule has 1 amide bonds. The maximum atomic E-state index is 11.1. The molecule has 0 aliphatic rings. The lowest BCUT2D eigenvalue weighted by Crippen LogP contribution is -1.99. The van der Waals surface area contributed by atoms with E-state index in [0.717, 1.165) is 5.56 Å². The first-order valence-electron chi connectivity index (χ1n) is 4.30. The van der Waals surface area contributed by atoms with Crippen LogP contribution in [0, 0.1) is 11.8 Å². The number of rotatable bonds is 3. The number of amides is 1. The van der Waals surface area contributed by atoms with Gasteiger partial charge in [0.15, 0.2) is 0 Å². The van der Waals surface area contributed by atoms with Gasteiger partial charge in [0.1, 0.15) is 5.75 Å². The van der Waals surface area contributed by atoms with Crippen molar-refractivity contribution in [3.05, 3.63) is 34.2 Å². The zero-order valence-corrected chi connectivity index (χ0v) is 8.11. The quantitative estimate of drug-likeness (QED) is 0.692. The van der Waals surface area contributed by atoms with Crippen LogP contribution < -0.4 is 4.74 Å². The lowest BCUT2D eigenvalue weighted by atomic mass is 10.1. The molecule has 0 aliphatic carbocycles. The Bertz CT molecular complexity index is 360. The fourth-order valence-corrected chi connectivity index (χ4v) is 1.14. The highest BCUT2D eigenvalue weighted by molar-refractivity contribution is 5.96. The first-order valence-corrected chi connectivity index (χ1v) is 4.30. The highest BCUT2D eigenvalue weighted by atomic mass is 16.5. The van der Waals surface area contributed by atoms with E-state index in [1.807, 2.05) is 6.92 Å². The SMILES string of the molecule is CCOc1ccc(C)c(C(=O)N=O)c1. The van der Waals surface area contributed by atoms with Crippen LogP contribution in [0.2, 0.25) is 0 Å². The predicted molar refractivity (Wildman–Crippen MR) is 52.5 cm³/mol. The summed E-state index contributed by atoms with van der Waals surface area (Å²) in [6, 6.07) is 5.01.